The van der Waals surface area contributed by atoms with Crippen molar-refractivity contribution in [1.82, 2.24) is 5.32 Å². The van der Waals surface area contributed by atoms with Gasteiger partial charge in [0.25, 0.3) is 0 Å². The van der Waals surface area contributed by atoms with Gasteiger partial charge in [-0.15, -0.1) is 0 Å². The zero-order valence-electron chi connectivity index (χ0n) is 13.5. The Labute approximate surface area is 138 Å². The Hall–Kier alpha value is -1.62. The molecule has 1 aromatic carbocycles. The van der Waals surface area contributed by atoms with E-state index in [2.05, 4.69) is 17.6 Å². The maximum atomic E-state index is 11.8. The molecule has 0 aromatic heterocycles. The molecule has 0 bridgehead atoms. The molecule has 5 heteroatoms. The highest BCUT2D eigenvalue weighted by molar-refractivity contribution is 7.80. The van der Waals surface area contributed by atoms with Crippen molar-refractivity contribution in [3.63, 3.8) is 0 Å². The average molecular weight is 322 g/mol. The van der Waals surface area contributed by atoms with Crippen molar-refractivity contribution in [2.75, 3.05) is 11.9 Å². The Balaban J connectivity index is 2.30. The van der Waals surface area contributed by atoms with Gasteiger partial charge in [0.1, 0.15) is 5.75 Å². The van der Waals surface area contributed by atoms with Gasteiger partial charge in [0, 0.05) is 18.2 Å². The van der Waals surface area contributed by atoms with Crippen molar-refractivity contribution < 1.29 is 9.53 Å². The molecule has 122 valence electrons. The van der Waals surface area contributed by atoms with Crippen molar-refractivity contribution in [3.8, 4) is 5.75 Å². The van der Waals surface area contributed by atoms with Crippen LogP contribution in [-0.2, 0) is 4.79 Å². The largest absolute Gasteiger partial charge is 0.494 e. The van der Waals surface area contributed by atoms with Crippen LogP contribution < -0.4 is 15.4 Å². The topological polar surface area (TPSA) is 50.4 Å². The number of rotatable bonds is 9. The number of nitrogens with one attached hydrogen (secondary N) is 2. The fraction of sp³-hybridized carbons (Fsp3) is 0.529. The number of anilines is 1. The summed E-state index contributed by atoms with van der Waals surface area (Å²) in [6.07, 6.45) is 6.16. The molecule has 0 heterocycles. The van der Waals surface area contributed by atoms with Gasteiger partial charge in [0.05, 0.1) is 6.61 Å². The molecule has 1 amide bonds. The first-order valence-corrected chi connectivity index (χ1v) is 8.40. The Morgan fingerprint density at radius 3 is 2.68 bits per heavy atom. The predicted molar refractivity (Wildman–Crippen MR) is 95.4 cm³/mol. The van der Waals surface area contributed by atoms with E-state index in [-0.39, 0.29) is 5.91 Å². The Morgan fingerprint density at radius 1 is 1.18 bits per heavy atom. The van der Waals surface area contributed by atoms with Gasteiger partial charge in [-0.25, -0.2) is 0 Å². The Kier molecular flexibility index (Phi) is 9.23. The van der Waals surface area contributed by atoms with E-state index in [1.54, 1.807) is 0 Å². The van der Waals surface area contributed by atoms with Crippen LogP contribution in [0.4, 0.5) is 5.69 Å². The first kappa shape index (κ1) is 18.4. The highest BCUT2D eigenvalue weighted by Gasteiger charge is 2.05. The lowest BCUT2D eigenvalue weighted by molar-refractivity contribution is -0.119. The normalized spacial score (nSPS) is 10.1. The summed E-state index contributed by atoms with van der Waals surface area (Å²) in [6, 6.07) is 7.50. The van der Waals surface area contributed by atoms with Crippen LogP contribution in [0.2, 0.25) is 0 Å². The summed E-state index contributed by atoms with van der Waals surface area (Å²) in [5, 5.41) is 6.04. The molecule has 0 aliphatic carbocycles. The zero-order valence-corrected chi connectivity index (χ0v) is 14.3. The maximum Gasteiger partial charge on any atom is 0.226 e. The van der Waals surface area contributed by atoms with E-state index in [1.165, 1.54) is 19.3 Å². The minimum Gasteiger partial charge on any atom is -0.494 e. The van der Waals surface area contributed by atoms with E-state index in [4.69, 9.17) is 17.0 Å². The lowest BCUT2D eigenvalue weighted by Crippen LogP contribution is -2.33. The highest BCUT2D eigenvalue weighted by atomic mass is 32.1. The van der Waals surface area contributed by atoms with E-state index < -0.39 is 0 Å². The van der Waals surface area contributed by atoms with Crippen molar-refractivity contribution >= 4 is 28.9 Å². The predicted octanol–water partition coefficient (Wildman–Crippen LogP) is 4.26. The second-order valence-electron chi connectivity index (χ2n) is 5.13. The summed E-state index contributed by atoms with van der Waals surface area (Å²) >= 11 is 5.16. The standard InChI is InChI=1S/C17H26N2O2S/c1-3-5-6-7-8-12-16(20)19-17(22)18-14-10-9-11-15(13-14)21-4-2/h9-11,13H,3-8,12H2,1-2H3,(H2,18,19,20,22). The van der Waals surface area contributed by atoms with Crippen LogP contribution in [-0.4, -0.2) is 17.6 Å². The Morgan fingerprint density at radius 2 is 1.95 bits per heavy atom. The number of carbonyl (C=O) groups is 1. The minimum absolute atomic E-state index is 0.0324. The molecule has 0 fully saturated rings. The van der Waals surface area contributed by atoms with Crippen LogP contribution in [0.3, 0.4) is 0 Å². The number of unbranched alkanes of at least 4 members (excludes halogenated alkanes) is 4. The van der Waals surface area contributed by atoms with E-state index in [1.807, 2.05) is 31.2 Å². The number of carbonyl (C=O) groups excluding carboxylic acids is 1. The molecule has 0 atom stereocenters. The smallest absolute Gasteiger partial charge is 0.226 e. The minimum atomic E-state index is -0.0324. The van der Waals surface area contributed by atoms with Gasteiger partial charge in [-0.1, -0.05) is 38.7 Å². The van der Waals surface area contributed by atoms with Crippen LogP contribution in [0.15, 0.2) is 24.3 Å². The van der Waals surface area contributed by atoms with Gasteiger partial charge in [-0.05, 0) is 37.7 Å². The van der Waals surface area contributed by atoms with Crippen LogP contribution in [0.1, 0.15) is 52.4 Å². The number of amides is 1. The fourth-order valence-corrected chi connectivity index (χ4v) is 2.30. The molecule has 4 nitrogen and oxygen atoms in total. The second kappa shape index (κ2) is 11.0. The summed E-state index contributed by atoms with van der Waals surface area (Å²) in [7, 11) is 0. The van der Waals surface area contributed by atoms with Gasteiger partial charge in [-0.3, -0.25) is 4.79 Å². The number of thiocarbonyl (C=S) groups is 1. The van der Waals surface area contributed by atoms with Crippen LogP contribution in [0.5, 0.6) is 5.75 Å². The van der Waals surface area contributed by atoms with Crippen LogP contribution in [0.25, 0.3) is 0 Å². The summed E-state index contributed by atoms with van der Waals surface area (Å²) in [5.74, 6) is 0.743. The zero-order chi connectivity index (χ0) is 16.2. The quantitative estimate of drug-likeness (QED) is 0.527. The van der Waals surface area contributed by atoms with Gasteiger partial charge < -0.3 is 15.4 Å². The molecule has 0 spiro atoms. The molecule has 2 N–H and O–H groups in total. The van der Waals surface area contributed by atoms with Gasteiger partial charge in [0.15, 0.2) is 5.11 Å². The summed E-state index contributed by atoms with van der Waals surface area (Å²) in [5.41, 5.74) is 0.805. The molecule has 0 saturated carbocycles. The first-order valence-electron chi connectivity index (χ1n) is 7.99. The third-order valence-electron chi connectivity index (χ3n) is 3.16. The van der Waals surface area contributed by atoms with Crippen molar-refractivity contribution in [2.45, 2.75) is 52.4 Å². The molecular formula is C17H26N2O2S. The number of hydrogen-bond donors (Lipinski definition) is 2. The second-order valence-corrected chi connectivity index (χ2v) is 5.54. The molecule has 0 saturated heterocycles. The monoisotopic (exact) mass is 322 g/mol. The molecule has 0 unspecified atom stereocenters. The fourth-order valence-electron chi connectivity index (χ4n) is 2.07. The third kappa shape index (κ3) is 7.98. The molecular weight excluding hydrogens is 296 g/mol. The number of ether oxygens (including phenoxy) is 1. The van der Waals surface area contributed by atoms with E-state index in [9.17, 15) is 4.79 Å². The molecule has 1 aromatic rings. The van der Waals surface area contributed by atoms with Crippen molar-refractivity contribution in [3.05, 3.63) is 24.3 Å². The van der Waals surface area contributed by atoms with Gasteiger partial charge in [-0.2, -0.15) is 0 Å². The lowest BCUT2D eigenvalue weighted by atomic mass is 10.1. The SMILES string of the molecule is CCCCCCCC(=O)NC(=S)Nc1cccc(OCC)c1. The van der Waals surface area contributed by atoms with Gasteiger partial charge in [0.2, 0.25) is 5.91 Å². The first-order chi connectivity index (χ1) is 10.7. The highest BCUT2D eigenvalue weighted by Crippen LogP contribution is 2.17. The van der Waals surface area contributed by atoms with Crippen molar-refractivity contribution in [2.24, 2.45) is 0 Å². The number of hydrogen-bond acceptors (Lipinski definition) is 3. The molecule has 22 heavy (non-hydrogen) atoms. The molecule has 0 aliphatic heterocycles. The molecule has 1 rings (SSSR count). The summed E-state index contributed by atoms with van der Waals surface area (Å²) < 4.78 is 5.42. The number of benzene rings is 1. The van der Waals surface area contributed by atoms with E-state index in [0.29, 0.717) is 18.1 Å². The third-order valence-corrected chi connectivity index (χ3v) is 3.37. The summed E-state index contributed by atoms with van der Waals surface area (Å²) in [4.78, 5) is 11.8. The molecule has 0 radical (unpaired) electrons. The molecule has 0 aliphatic rings. The average Bonchev–Trinajstić information content (AvgIpc) is 2.47. The van der Waals surface area contributed by atoms with Gasteiger partial charge >= 0.3 is 0 Å². The van der Waals surface area contributed by atoms with Crippen LogP contribution in [0, 0.1) is 0 Å². The van der Waals surface area contributed by atoms with E-state index in [0.717, 1.165) is 24.3 Å². The lowest BCUT2D eigenvalue weighted by Gasteiger charge is -2.11. The van der Waals surface area contributed by atoms with Crippen LogP contribution >= 0.6 is 12.2 Å². The Bertz CT molecular complexity index is 477. The van der Waals surface area contributed by atoms with E-state index >= 15 is 0 Å². The summed E-state index contributed by atoms with van der Waals surface area (Å²) in [6.45, 7) is 4.73. The van der Waals surface area contributed by atoms with Crippen molar-refractivity contribution in [1.29, 1.82) is 0 Å². The maximum absolute atomic E-state index is 11.8.